The van der Waals surface area contributed by atoms with Crippen molar-refractivity contribution in [3.05, 3.63) is 0 Å². The standard InChI is InChI=1S/C79H154O17P2/c1-9-71(7)57-49-41-32-28-24-20-17-18-22-26-30-34-46-54-62-79(84)96-75(66-90-77(82)60-52-44-38-36-42-50-58-72(8)10-2)68-94-98(87,88)92-64-73(80)63-91-97(85,86)93-67-74(65-89-76(81)59-51-43-37-35-40-48-56-70(5)6)95-78(83)61-53-45-33-29-25-21-16-14-12-11-13-15-19-23-27-31-39-47-55-69(3)4/h69-75,80H,9-68H2,1-8H3,(H,85,86)(H,87,88)/t71?,72?,73?,74-,75-/m1/s1. The molecular weight excluding hydrogens is 1280 g/mol. The first-order chi connectivity index (χ1) is 47.2. The smallest absolute Gasteiger partial charge is 0.462 e. The molecule has 19 heteroatoms. The van der Waals surface area contributed by atoms with Crippen LogP contribution in [0.4, 0.5) is 0 Å². The summed E-state index contributed by atoms with van der Waals surface area (Å²) < 4.78 is 68.6. The van der Waals surface area contributed by atoms with Gasteiger partial charge in [-0.1, -0.05) is 351 Å². The lowest BCUT2D eigenvalue weighted by atomic mass is 9.99. The summed E-state index contributed by atoms with van der Waals surface area (Å²) in [6, 6.07) is 0. The van der Waals surface area contributed by atoms with Crippen LogP contribution in [0.5, 0.6) is 0 Å². The zero-order valence-electron chi connectivity index (χ0n) is 64.4. The van der Waals surface area contributed by atoms with E-state index in [9.17, 15) is 43.2 Å². The molecule has 0 bridgehead atoms. The van der Waals surface area contributed by atoms with Crippen LogP contribution in [-0.2, 0) is 65.4 Å². The van der Waals surface area contributed by atoms with Gasteiger partial charge in [0.1, 0.15) is 19.3 Å². The number of aliphatic hydroxyl groups is 1. The topological polar surface area (TPSA) is 237 Å². The van der Waals surface area contributed by atoms with E-state index in [2.05, 4.69) is 55.4 Å². The summed E-state index contributed by atoms with van der Waals surface area (Å²) in [6.45, 7) is 14.2. The molecule has 7 atom stereocenters. The highest BCUT2D eigenvalue weighted by molar-refractivity contribution is 7.47. The van der Waals surface area contributed by atoms with Crippen molar-refractivity contribution in [2.24, 2.45) is 23.7 Å². The third-order valence-corrected chi connectivity index (χ3v) is 20.9. The second-order valence-electron chi connectivity index (χ2n) is 29.9. The number of hydrogen-bond acceptors (Lipinski definition) is 15. The third kappa shape index (κ3) is 69.8. The molecule has 0 aliphatic heterocycles. The Hall–Kier alpha value is -1.94. The van der Waals surface area contributed by atoms with Gasteiger partial charge < -0.3 is 33.8 Å². The van der Waals surface area contributed by atoms with Crippen molar-refractivity contribution in [2.75, 3.05) is 39.6 Å². The highest BCUT2D eigenvalue weighted by Gasteiger charge is 2.30. The van der Waals surface area contributed by atoms with Gasteiger partial charge in [-0.2, -0.15) is 0 Å². The first-order valence-corrected chi connectivity index (χ1v) is 43.8. The lowest BCUT2D eigenvalue weighted by Crippen LogP contribution is -2.30. The van der Waals surface area contributed by atoms with E-state index >= 15 is 0 Å². The molecule has 0 heterocycles. The Labute approximate surface area is 600 Å². The van der Waals surface area contributed by atoms with Crippen molar-refractivity contribution in [2.45, 2.75) is 420 Å². The number of ether oxygens (including phenoxy) is 4. The molecule has 3 N–H and O–H groups in total. The molecule has 0 aromatic heterocycles. The zero-order valence-corrected chi connectivity index (χ0v) is 66.2. The summed E-state index contributed by atoms with van der Waals surface area (Å²) in [7, 11) is -9.92. The first kappa shape index (κ1) is 96.1. The van der Waals surface area contributed by atoms with E-state index in [0.717, 1.165) is 120 Å². The lowest BCUT2D eigenvalue weighted by Gasteiger charge is -2.21. The number of phosphoric acid groups is 2. The van der Waals surface area contributed by atoms with E-state index in [1.54, 1.807) is 0 Å². The van der Waals surface area contributed by atoms with Crippen molar-refractivity contribution < 1.29 is 80.2 Å². The SMILES string of the molecule is CCC(C)CCCCCCCCCCCCCCCCC(=O)O[C@H](COC(=O)CCCCCCCCC(C)CC)COP(=O)(O)OCC(O)COP(=O)(O)OC[C@@H](COC(=O)CCCCCCCCC(C)C)OC(=O)CCCCCCCCCCCCCCCCCCCCC(C)C. The highest BCUT2D eigenvalue weighted by Crippen LogP contribution is 2.45. The molecule has 0 aliphatic carbocycles. The Balaban J connectivity index is 5.16. The fraction of sp³-hybridized carbons (Fsp3) is 0.949. The summed E-state index contributed by atoms with van der Waals surface area (Å²) in [5.74, 6) is 0.955. The quantitative estimate of drug-likeness (QED) is 0.0222. The molecule has 0 fully saturated rings. The van der Waals surface area contributed by atoms with Gasteiger partial charge in [0.25, 0.3) is 0 Å². The van der Waals surface area contributed by atoms with Crippen molar-refractivity contribution in [1.82, 2.24) is 0 Å². The van der Waals surface area contributed by atoms with Crippen LogP contribution in [0.25, 0.3) is 0 Å². The van der Waals surface area contributed by atoms with Crippen molar-refractivity contribution in [1.29, 1.82) is 0 Å². The predicted octanol–water partition coefficient (Wildman–Crippen LogP) is 23.2. The minimum Gasteiger partial charge on any atom is -0.462 e. The van der Waals surface area contributed by atoms with Crippen LogP contribution in [0.3, 0.4) is 0 Å². The van der Waals surface area contributed by atoms with E-state index in [4.69, 9.17) is 37.0 Å². The van der Waals surface area contributed by atoms with Gasteiger partial charge in [-0.25, -0.2) is 9.13 Å². The molecule has 98 heavy (non-hydrogen) atoms. The van der Waals surface area contributed by atoms with Gasteiger partial charge in [-0.05, 0) is 49.4 Å². The maximum absolute atomic E-state index is 13.1. The number of phosphoric ester groups is 2. The predicted molar refractivity (Wildman–Crippen MR) is 400 cm³/mol. The van der Waals surface area contributed by atoms with Crippen molar-refractivity contribution in [3.8, 4) is 0 Å². The molecule has 0 aromatic carbocycles. The number of unbranched alkanes of at least 4 members (excludes halogenated alkanes) is 40. The fourth-order valence-corrected chi connectivity index (χ4v) is 13.6. The average molecular weight is 1440 g/mol. The minimum absolute atomic E-state index is 0.106. The fourth-order valence-electron chi connectivity index (χ4n) is 12.0. The van der Waals surface area contributed by atoms with Crippen LogP contribution >= 0.6 is 15.6 Å². The summed E-state index contributed by atoms with van der Waals surface area (Å²) in [4.78, 5) is 72.8. The summed E-state index contributed by atoms with van der Waals surface area (Å²) in [5, 5.41) is 10.6. The third-order valence-electron chi connectivity index (χ3n) is 19.0. The largest absolute Gasteiger partial charge is 0.472 e. The second-order valence-corrected chi connectivity index (χ2v) is 32.8. The first-order valence-electron chi connectivity index (χ1n) is 40.8. The maximum atomic E-state index is 13.1. The number of esters is 4. The van der Waals surface area contributed by atoms with Gasteiger partial charge in [-0.3, -0.25) is 37.3 Å². The number of aliphatic hydroxyl groups excluding tert-OH is 1. The number of rotatable bonds is 76. The van der Waals surface area contributed by atoms with Gasteiger partial charge >= 0.3 is 39.5 Å². The van der Waals surface area contributed by atoms with Gasteiger partial charge in [0.05, 0.1) is 26.4 Å². The van der Waals surface area contributed by atoms with Crippen molar-refractivity contribution in [3.63, 3.8) is 0 Å². The summed E-state index contributed by atoms with van der Waals surface area (Å²) in [5.41, 5.74) is 0. The van der Waals surface area contributed by atoms with E-state index < -0.39 is 97.5 Å². The molecule has 0 aliphatic rings. The summed E-state index contributed by atoms with van der Waals surface area (Å²) >= 11 is 0. The molecule has 0 spiro atoms. The summed E-state index contributed by atoms with van der Waals surface area (Å²) in [6.07, 6.45) is 54.4. The monoisotopic (exact) mass is 1440 g/mol. The van der Waals surface area contributed by atoms with Gasteiger partial charge in [0.2, 0.25) is 0 Å². The Bertz CT molecular complexity index is 1920. The van der Waals surface area contributed by atoms with Crippen molar-refractivity contribution >= 4 is 39.5 Å². The van der Waals surface area contributed by atoms with E-state index in [1.165, 1.54) is 193 Å². The van der Waals surface area contributed by atoms with E-state index in [0.29, 0.717) is 31.6 Å². The number of hydrogen-bond donors (Lipinski definition) is 3. The van der Waals surface area contributed by atoms with E-state index in [-0.39, 0.29) is 25.7 Å². The van der Waals surface area contributed by atoms with Crippen LogP contribution in [0.1, 0.15) is 402 Å². The Kier molecular flexibility index (Phi) is 66.8. The normalized spacial score (nSPS) is 14.6. The molecule has 5 unspecified atom stereocenters. The molecule has 17 nitrogen and oxygen atoms in total. The molecular formula is C79H154O17P2. The Morgan fingerprint density at radius 1 is 0.286 bits per heavy atom. The van der Waals surface area contributed by atoms with Crippen LogP contribution in [-0.4, -0.2) is 96.7 Å². The molecule has 0 aromatic rings. The lowest BCUT2D eigenvalue weighted by molar-refractivity contribution is -0.161. The van der Waals surface area contributed by atoms with E-state index in [1.807, 2.05) is 0 Å². The molecule has 0 rings (SSSR count). The molecule has 0 saturated carbocycles. The van der Waals surface area contributed by atoms with Gasteiger partial charge in [0.15, 0.2) is 12.2 Å². The Morgan fingerprint density at radius 3 is 0.724 bits per heavy atom. The number of carbonyl (C=O) groups excluding carboxylic acids is 4. The van der Waals surface area contributed by atoms with Crippen LogP contribution in [0.2, 0.25) is 0 Å². The van der Waals surface area contributed by atoms with Crippen LogP contribution in [0, 0.1) is 23.7 Å². The average Bonchev–Trinajstić information content (AvgIpc) is 1.01. The van der Waals surface area contributed by atoms with Crippen LogP contribution in [0.15, 0.2) is 0 Å². The second kappa shape index (κ2) is 68.2. The minimum atomic E-state index is -4.96. The molecule has 0 amide bonds. The van der Waals surface area contributed by atoms with Gasteiger partial charge in [-0.15, -0.1) is 0 Å². The zero-order chi connectivity index (χ0) is 72.4. The molecule has 0 saturated heterocycles. The molecule has 0 radical (unpaired) electrons. The van der Waals surface area contributed by atoms with Crippen LogP contribution < -0.4 is 0 Å². The number of carbonyl (C=O) groups is 4. The molecule has 582 valence electrons. The highest BCUT2D eigenvalue weighted by atomic mass is 31.2. The van der Waals surface area contributed by atoms with Gasteiger partial charge in [0, 0.05) is 25.7 Å². The maximum Gasteiger partial charge on any atom is 0.472 e. The Morgan fingerprint density at radius 2 is 0.490 bits per heavy atom.